The number of hydrogen-bond donors (Lipinski definition) is 2. The number of nitrogens with two attached hydrogens (primary N) is 1. The molecule has 0 unspecified atom stereocenters. The van der Waals surface area contributed by atoms with Gasteiger partial charge in [-0.25, -0.2) is 0 Å². The molecule has 1 aromatic rings. The van der Waals surface area contributed by atoms with Crippen LogP contribution in [0.4, 0.5) is 0 Å². The van der Waals surface area contributed by atoms with Gasteiger partial charge in [0.1, 0.15) is 0 Å². The molecular formula is C15H20ClN3O. The first-order chi connectivity index (χ1) is 9.13. The molecule has 20 heavy (non-hydrogen) atoms. The predicted octanol–water partition coefficient (Wildman–Crippen LogP) is 2.37. The summed E-state index contributed by atoms with van der Waals surface area (Å²) < 4.78 is 0. The molecule has 1 amide bonds. The van der Waals surface area contributed by atoms with Crippen LogP contribution in [0.15, 0.2) is 24.3 Å². The summed E-state index contributed by atoms with van der Waals surface area (Å²) in [6.07, 6.45) is 5.47. The molecule has 1 fully saturated rings. The fraction of sp³-hybridized carbons (Fsp3) is 0.467. The first-order valence-electron chi connectivity index (χ1n) is 6.70. The predicted molar refractivity (Wildman–Crippen MR) is 80.7 cm³/mol. The first-order valence-corrected chi connectivity index (χ1v) is 6.70. The molecule has 1 aliphatic carbocycles. The lowest BCUT2D eigenvalue weighted by atomic mass is 9.82. The summed E-state index contributed by atoms with van der Waals surface area (Å²) in [7, 11) is 0. The van der Waals surface area contributed by atoms with Crippen molar-refractivity contribution in [3.05, 3.63) is 35.4 Å². The standard InChI is InChI=1S/C15H19N3O.ClH/c16-10-12-4-6-13(7-5-12)14(19)18-11-15(17)8-2-1-3-9-15;/h4-7H,1-3,8-9,11,17H2,(H,18,19);1H. The normalized spacial score (nSPS) is 16.6. The van der Waals surface area contributed by atoms with Gasteiger partial charge in [-0.15, -0.1) is 12.4 Å². The van der Waals surface area contributed by atoms with Gasteiger partial charge in [-0.05, 0) is 37.1 Å². The van der Waals surface area contributed by atoms with E-state index in [2.05, 4.69) is 5.32 Å². The largest absolute Gasteiger partial charge is 0.350 e. The lowest BCUT2D eigenvalue weighted by Crippen LogP contribution is -2.51. The van der Waals surface area contributed by atoms with Gasteiger partial charge in [-0.3, -0.25) is 4.79 Å². The number of hydrogen-bond acceptors (Lipinski definition) is 3. The Kier molecular flexibility index (Phi) is 6.00. The number of nitrogens with one attached hydrogen (secondary N) is 1. The van der Waals surface area contributed by atoms with E-state index in [0.717, 1.165) is 25.7 Å². The molecule has 5 heteroatoms. The molecular weight excluding hydrogens is 274 g/mol. The van der Waals surface area contributed by atoms with Crippen LogP contribution in [0.3, 0.4) is 0 Å². The molecule has 0 saturated heterocycles. The highest BCUT2D eigenvalue weighted by Gasteiger charge is 2.27. The maximum Gasteiger partial charge on any atom is 0.251 e. The van der Waals surface area contributed by atoms with Gasteiger partial charge in [-0.2, -0.15) is 5.26 Å². The van der Waals surface area contributed by atoms with Gasteiger partial charge in [0.25, 0.3) is 5.91 Å². The third-order valence-corrected chi connectivity index (χ3v) is 3.73. The van der Waals surface area contributed by atoms with Crippen LogP contribution in [0.2, 0.25) is 0 Å². The highest BCUT2D eigenvalue weighted by atomic mass is 35.5. The van der Waals surface area contributed by atoms with Crippen molar-refractivity contribution in [2.45, 2.75) is 37.6 Å². The van der Waals surface area contributed by atoms with Crippen LogP contribution in [0.1, 0.15) is 48.0 Å². The van der Waals surface area contributed by atoms with Crippen LogP contribution < -0.4 is 11.1 Å². The number of halogens is 1. The van der Waals surface area contributed by atoms with E-state index in [4.69, 9.17) is 11.0 Å². The minimum Gasteiger partial charge on any atom is -0.350 e. The van der Waals surface area contributed by atoms with Crippen molar-refractivity contribution >= 4 is 18.3 Å². The molecule has 3 N–H and O–H groups in total. The monoisotopic (exact) mass is 293 g/mol. The molecule has 0 bridgehead atoms. The molecule has 0 radical (unpaired) electrons. The first kappa shape index (κ1) is 16.5. The summed E-state index contributed by atoms with van der Waals surface area (Å²) in [5.74, 6) is -0.125. The van der Waals surface area contributed by atoms with Crippen molar-refractivity contribution in [1.29, 1.82) is 5.26 Å². The molecule has 0 heterocycles. The summed E-state index contributed by atoms with van der Waals surface area (Å²) in [4.78, 5) is 12.0. The van der Waals surface area contributed by atoms with Crippen molar-refractivity contribution < 1.29 is 4.79 Å². The Hall–Kier alpha value is -1.57. The number of nitriles is 1. The van der Waals surface area contributed by atoms with Gasteiger partial charge in [0.05, 0.1) is 11.6 Å². The second-order valence-electron chi connectivity index (χ2n) is 5.29. The quantitative estimate of drug-likeness (QED) is 0.898. The van der Waals surface area contributed by atoms with Gasteiger partial charge in [0, 0.05) is 17.6 Å². The molecule has 1 aromatic carbocycles. The Labute approximate surface area is 125 Å². The van der Waals surface area contributed by atoms with E-state index in [-0.39, 0.29) is 23.9 Å². The summed E-state index contributed by atoms with van der Waals surface area (Å²) >= 11 is 0. The SMILES string of the molecule is Cl.N#Cc1ccc(C(=O)NCC2(N)CCCCC2)cc1. The van der Waals surface area contributed by atoms with Gasteiger partial charge >= 0.3 is 0 Å². The molecule has 0 atom stereocenters. The molecule has 0 aliphatic heterocycles. The lowest BCUT2D eigenvalue weighted by molar-refractivity contribution is 0.0937. The van der Waals surface area contributed by atoms with E-state index in [1.54, 1.807) is 24.3 Å². The number of benzene rings is 1. The van der Waals surface area contributed by atoms with E-state index in [1.807, 2.05) is 6.07 Å². The number of carbonyl (C=O) groups excluding carboxylic acids is 1. The van der Waals surface area contributed by atoms with E-state index < -0.39 is 0 Å². The maximum atomic E-state index is 12.0. The third-order valence-electron chi connectivity index (χ3n) is 3.73. The van der Waals surface area contributed by atoms with Crippen LogP contribution in [-0.4, -0.2) is 18.0 Å². The van der Waals surface area contributed by atoms with Crippen LogP contribution in [-0.2, 0) is 0 Å². The zero-order valence-electron chi connectivity index (χ0n) is 11.4. The highest BCUT2D eigenvalue weighted by Crippen LogP contribution is 2.25. The second kappa shape index (κ2) is 7.28. The molecule has 1 saturated carbocycles. The Bertz CT molecular complexity index is 487. The zero-order valence-corrected chi connectivity index (χ0v) is 12.2. The van der Waals surface area contributed by atoms with Gasteiger partial charge in [0.15, 0.2) is 0 Å². The minimum absolute atomic E-state index is 0. The van der Waals surface area contributed by atoms with E-state index in [1.165, 1.54) is 6.42 Å². The molecule has 0 aromatic heterocycles. The van der Waals surface area contributed by atoms with Crippen LogP contribution in [0.5, 0.6) is 0 Å². The lowest BCUT2D eigenvalue weighted by Gasteiger charge is -2.33. The van der Waals surface area contributed by atoms with E-state index in [0.29, 0.717) is 17.7 Å². The molecule has 4 nitrogen and oxygen atoms in total. The van der Waals surface area contributed by atoms with Gasteiger partial charge in [0.2, 0.25) is 0 Å². The van der Waals surface area contributed by atoms with Crippen molar-refractivity contribution in [1.82, 2.24) is 5.32 Å². The summed E-state index contributed by atoms with van der Waals surface area (Å²) in [6, 6.07) is 8.65. The fourth-order valence-electron chi connectivity index (χ4n) is 2.49. The molecule has 108 valence electrons. The average Bonchev–Trinajstić information content (AvgIpc) is 2.46. The number of rotatable bonds is 3. The Morgan fingerprint density at radius 1 is 1.25 bits per heavy atom. The Balaban J connectivity index is 0.00000200. The smallest absolute Gasteiger partial charge is 0.251 e. The van der Waals surface area contributed by atoms with Crippen molar-refractivity contribution in [3.8, 4) is 6.07 Å². The Morgan fingerprint density at radius 2 is 1.85 bits per heavy atom. The van der Waals surface area contributed by atoms with Crippen molar-refractivity contribution in [2.75, 3.05) is 6.54 Å². The Morgan fingerprint density at radius 3 is 2.40 bits per heavy atom. The van der Waals surface area contributed by atoms with Crippen molar-refractivity contribution in [2.24, 2.45) is 5.73 Å². The average molecular weight is 294 g/mol. The summed E-state index contributed by atoms with van der Waals surface area (Å²) in [6.45, 7) is 0.520. The summed E-state index contributed by atoms with van der Waals surface area (Å²) in [5, 5.41) is 11.6. The van der Waals surface area contributed by atoms with E-state index >= 15 is 0 Å². The van der Waals surface area contributed by atoms with Gasteiger partial charge in [-0.1, -0.05) is 19.3 Å². The highest BCUT2D eigenvalue weighted by molar-refractivity contribution is 5.94. The molecule has 2 rings (SSSR count). The van der Waals surface area contributed by atoms with Gasteiger partial charge < -0.3 is 11.1 Å². The maximum absolute atomic E-state index is 12.0. The third kappa shape index (κ3) is 4.22. The second-order valence-corrected chi connectivity index (χ2v) is 5.29. The minimum atomic E-state index is -0.249. The van der Waals surface area contributed by atoms with E-state index in [9.17, 15) is 4.79 Å². The van der Waals surface area contributed by atoms with Crippen LogP contribution in [0, 0.1) is 11.3 Å². The summed E-state index contributed by atoms with van der Waals surface area (Å²) in [5.41, 5.74) is 7.15. The fourth-order valence-corrected chi connectivity index (χ4v) is 2.49. The van der Waals surface area contributed by atoms with Crippen molar-refractivity contribution in [3.63, 3.8) is 0 Å². The number of carbonyl (C=O) groups is 1. The van der Waals surface area contributed by atoms with Crippen LogP contribution >= 0.6 is 12.4 Å². The number of nitrogens with zero attached hydrogens (tertiary/aromatic N) is 1. The van der Waals surface area contributed by atoms with Crippen LogP contribution in [0.25, 0.3) is 0 Å². The molecule has 1 aliphatic rings. The molecule has 0 spiro atoms. The topological polar surface area (TPSA) is 78.9 Å². The number of amides is 1. The zero-order chi connectivity index (χ0) is 13.7.